The highest BCUT2D eigenvalue weighted by Gasteiger charge is 2.18. The van der Waals surface area contributed by atoms with Crippen molar-refractivity contribution in [2.24, 2.45) is 0 Å². The number of para-hydroxylation sites is 2. The van der Waals surface area contributed by atoms with Crippen molar-refractivity contribution >= 4 is 102 Å². The molecule has 3 heterocycles. The zero-order valence-corrected chi connectivity index (χ0v) is 33.0. The molecule has 272 valence electrons. The van der Waals surface area contributed by atoms with Crippen molar-refractivity contribution in [1.82, 2.24) is 4.57 Å². The summed E-state index contributed by atoms with van der Waals surface area (Å²) in [5.74, 6) is 0. The molecule has 9 aromatic carbocycles. The van der Waals surface area contributed by atoms with Gasteiger partial charge in [-0.1, -0.05) is 133 Å². The maximum Gasteiger partial charge on any atom is 0.0555 e. The van der Waals surface area contributed by atoms with Crippen LogP contribution in [-0.2, 0) is 0 Å². The molecular weight excluding hydrogens is 741 g/mol. The van der Waals surface area contributed by atoms with Crippen LogP contribution in [0.2, 0.25) is 0 Å². The molecule has 0 unspecified atom stereocenters. The number of rotatable bonds is 6. The van der Waals surface area contributed by atoms with Gasteiger partial charge in [0.15, 0.2) is 0 Å². The van der Waals surface area contributed by atoms with E-state index in [0.29, 0.717) is 0 Å². The monoisotopic (exact) mass is 774 g/mol. The van der Waals surface area contributed by atoms with E-state index in [9.17, 15) is 0 Å². The first kappa shape index (κ1) is 33.2. The van der Waals surface area contributed by atoms with E-state index in [1.165, 1.54) is 84.4 Å². The third-order valence-electron chi connectivity index (χ3n) is 11.6. The van der Waals surface area contributed by atoms with Crippen LogP contribution >= 0.6 is 22.7 Å². The highest BCUT2D eigenvalue weighted by molar-refractivity contribution is 7.27. The number of nitrogens with zero attached hydrogens (tertiary/aromatic N) is 2. The first-order valence-electron chi connectivity index (χ1n) is 19.7. The summed E-state index contributed by atoms with van der Waals surface area (Å²) in [5, 5.41) is 7.94. The van der Waals surface area contributed by atoms with Crippen molar-refractivity contribution in [1.29, 1.82) is 0 Å². The van der Waals surface area contributed by atoms with E-state index in [2.05, 4.69) is 216 Å². The van der Waals surface area contributed by atoms with Gasteiger partial charge in [-0.25, -0.2) is 0 Å². The van der Waals surface area contributed by atoms with Crippen molar-refractivity contribution in [3.63, 3.8) is 0 Å². The van der Waals surface area contributed by atoms with Gasteiger partial charge in [-0.2, -0.15) is 0 Å². The second kappa shape index (κ2) is 13.3. The Morgan fingerprint density at radius 1 is 0.328 bits per heavy atom. The first-order valence-corrected chi connectivity index (χ1v) is 21.3. The van der Waals surface area contributed by atoms with Crippen LogP contribution in [-0.4, -0.2) is 4.57 Å². The van der Waals surface area contributed by atoms with Gasteiger partial charge in [-0.3, -0.25) is 0 Å². The van der Waals surface area contributed by atoms with Crippen molar-refractivity contribution in [2.75, 3.05) is 4.90 Å². The molecular formula is C54H34N2S2. The van der Waals surface area contributed by atoms with Crippen LogP contribution in [0.25, 0.3) is 90.1 Å². The summed E-state index contributed by atoms with van der Waals surface area (Å²) < 4.78 is 7.78. The number of fused-ring (bicyclic) bond motifs is 10. The van der Waals surface area contributed by atoms with E-state index in [0.717, 1.165) is 22.7 Å². The van der Waals surface area contributed by atoms with Crippen LogP contribution in [0.5, 0.6) is 0 Å². The molecule has 0 aliphatic carbocycles. The van der Waals surface area contributed by atoms with Gasteiger partial charge in [0.2, 0.25) is 0 Å². The Bertz CT molecular complexity index is 3480. The Labute approximate surface area is 343 Å². The summed E-state index contributed by atoms with van der Waals surface area (Å²) >= 11 is 3.78. The quantitative estimate of drug-likeness (QED) is 0.163. The number of hydrogen-bond acceptors (Lipinski definition) is 3. The molecule has 0 aliphatic rings. The Hall–Kier alpha value is -6.98. The van der Waals surface area contributed by atoms with Gasteiger partial charge < -0.3 is 9.47 Å². The number of anilines is 3. The van der Waals surface area contributed by atoms with E-state index in [1.54, 1.807) is 0 Å². The van der Waals surface area contributed by atoms with Gasteiger partial charge in [-0.05, 0) is 95.1 Å². The van der Waals surface area contributed by atoms with Crippen LogP contribution in [0.3, 0.4) is 0 Å². The Balaban J connectivity index is 0.885. The predicted molar refractivity (Wildman–Crippen MR) is 252 cm³/mol. The highest BCUT2D eigenvalue weighted by Crippen LogP contribution is 2.44. The molecule has 0 fully saturated rings. The van der Waals surface area contributed by atoms with Crippen molar-refractivity contribution in [2.45, 2.75) is 0 Å². The zero-order valence-electron chi connectivity index (χ0n) is 31.3. The van der Waals surface area contributed by atoms with E-state index < -0.39 is 0 Å². The third-order valence-corrected chi connectivity index (χ3v) is 14.0. The lowest BCUT2D eigenvalue weighted by Gasteiger charge is -2.26. The second-order valence-electron chi connectivity index (χ2n) is 14.9. The number of hydrogen-bond donors (Lipinski definition) is 0. The molecule has 0 aliphatic heterocycles. The summed E-state index contributed by atoms with van der Waals surface area (Å²) in [7, 11) is 0. The zero-order chi connectivity index (χ0) is 38.2. The maximum absolute atomic E-state index is 2.42. The highest BCUT2D eigenvalue weighted by atomic mass is 32.1. The van der Waals surface area contributed by atoms with Gasteiger partial charge in [0, 0.05) is 73.9 Å². The van der Waals surface area contributed by atoms with Crippen molar-refractivity contribution in [3.05, 3.63) is 206 Å². The van der Waals surface area contributed by atoms with Crippen LogP contribution in [0, 0.1) is 0 Å². The number of benzene rings is 9. The Kier molecular flexibility index (Phi) is 7.62. The summed E-state index contributed by atoms with van der Waals surface area (Å²) in [6.45, 7) is 0. The standard InChI is InChI=1S/C54H34N2S2/c1-2-11-38(12-3-1)55(40-31-25-37(26-32-40)42-16-10-17-45-43-13-5-8-19-50(43)57-53(42)45)39-27-21-35(22-28-39)36-23-29-41(30-24-36)56-48-18-7-4-15-47(48)52-49(56)34-33-46-44-14-6-9-20-51(44)58-54(46)52/h1-34H. The molecule has 58 heavy (non-hydrogen) atoms. The predicted octanol–water partition coefficient (Wildman–Crippen LogP) is 16.3. The third kappa shape index (κ3) is 5.23. The molecule has 0 spiro atoms. The summed E-state index contributed by atoms with van der Waals surface area (Å²) in [4.78, 5) is 2.34. The lowest BCUT2D eigenvalue weighted by atomic mass is 10.0. The molecule has 0 atom stereocenters. The smallest absolute Gasteiger partial charge is 0.0555 e. The molecule has 0 bridgehead atoms. The average Bonchev–Trinajstić information content (AvgIpc) is 3.97. The van der Waals surface area contributed by atoms with Gasteiger partial charge >= 0.3 is 0 Å². The van der Waals surface area contributed by atoms with Crippen LogP contribution in [0.1, 0.15) is 0 Å². The molecule has 0 saturated heterocycles. The SMILES string of the molecule is c1ccc(N(c2ccc(-c3ccc(-n4c5ccccc5c5c6sc7ccccc7c6ccc54)cc3)cc2)c2ccc(-c3cccc4c3sc3ccccc34)cc2)cc1. The van der Waals surface area contributed by atoms with Gasteiger partial charge in [-0.15, -0.1) is 22.7 Å². The van der Waals surface area contributed by atoms with Gasteiger partial charge in [0.05, 0.1) is 11.0 Å². The van der Waals surface area contributed by atoms with Crippen molar-refractivity contribution < 1.29 is 0 Å². The average molecular weight is 775 g/mol. The minimum Gasteiger partial charge on any atom is -0.311 e. The lowest BCUT2D eigenvalue weighted by Crippen LogP contribution is -2.09. The molecule has 0 amide bonds. The molecule has 0 N–H and O–H groups in total. The van der Waals surface area contributed by atoms with Crippen LogP contribution in [0.15, 0.2) is 206 Å². The molecule has 0 radical (unpaired) electrons. The van der Waals surface area contributed by atoms with Gasteiger partial charge in [0.25, 0.3) is 0 Å². The number of thiophene rings is 2. The fraction of sp³-hybridized carbons (Fsp3) is 0. The first-order chi connectivity index (χ1) is 28.8. The van der Waals surface area contributed by atoms with Crippen LogP contribution in [0.4, 0.5) is 17.1 Å². The fourth-order valence-corrected chi connectivity index (χ4v) is 11.4. The van der Waals surface area contributed by atoms with E-state index >= 15 is 0 Å². The summed E-state index contributed by atoms with van der Waals surface area (Å²) in [6.07, 6.45) is 0. The minimum atomic E-state index is 1.11. The molecule has 2 nitrogen and oxygen atoms in total. The molecule has 4 heteroatoms. The molecule has 0 saturated carbocycles. The van der Waals surface area contributed by atoms with Crippen molar-refractivity contribution in [3.8, 4) is 27.9 Å². The second-order valence-corrected chi connectivity index (χ2v) is 17.0. The largest absolute Gasteiger partial charge is 0.311 e. The summed E-state index contributed by atoms with van der Waals surface area (Å²) in [5.41, 5.74) is 11.9. The van der Waals surface area contributed by atoms with Gasteiger partial charge in [0.1, 0.15) is 0 Å². The fourth-order valence-electron chi connectivity index (χ4n) is 8.91. The molecule has 3 aromatic heterocycles. The van der Waals surface area contributed by atoms with E-state index in [1.807, 2.05) is 22.7 Å². The summed E-state index contributed by atoms with van der Waals surface area (Å²) in [6, 6.07) is 75.3. The Morgan fingerprint density at radius 3 is 1.53 bits per heavy atom. The van der Waals surface area contributed by atoms with Crippen LogP contribution < -0.4 is 4.90 Å². The number of aromatic nitrogens is 1. The Morgan fingerprint density at radius 2 is 0.845 bits per heavy atom. The maximum atomic E-state index is 2.42. The topological polar surface area (TPSA) is 8.17 Å². The minimum absolute atomic E-state index is 1.11. The van der Waals surface area contributed by atoms with E-state index in [4.69, 9.17) is 0 Å². The van der Waals surface area contributed by atoms with E-state index in [-0.39, 0.29) is 0 Å². The molecule has 12 aromatic rings. The lowest BCUT2D eigenvalue weighted by molar-refractivity contribution is 1.18. The molecule has 12 rings (SSSR count). The normalized spacial score (nSPS) is 11.8.